The van der Waals surface area contributed by atoms with E-state index in [0.29, 0.717) is 24.1 Å². The summed E-state index contributed by atoms with van der Waals surface area (Å²) >= 11 is 0. The number of nitrogens with zero attached hydrogens (tertiary/aromatic N) is 1. The molecule has 1 heterocycles. The van der Waals surface area contributed by atoms with E-state index >= 15 is 0 Å². The Morgan fingerprint density at radius 1 is 1.08 bits per heavy atom. The van der Waals surface area contributed by atoms with Gasteiger partial charge in [-0.25, -0.2) is 17.2 Å². The van der Waals surface area contributed by atoms with Crippen LogP contribution in [-0.2, 0) is 21.2 Å². The van der Waals surface area contributed by atoms with E-state index in [1.165, 1.54) is 19.2 Å². The molecule has 8 heteroatoms. The molecule has 3 rings (SSSR count). The van der Waals surface area contributed by atoms with Crippen molar-refractivity contribution in [2.45, 2.75) is 30.7 Å². The van der Waals surface area contributed by atoms with Gasteiger partial charge in [0.2, 0.25) is 15.9 Å². The molecule has 2 aromatic carbocycles. The number of fused-ring (bicyclic) bond motifs is 1. The first-order valence-corrected chi connectivity index (χ1v) is 9.50. The van der Waals surface area contributed by atoms with Gasteiger partial charge in [0.05, 0.1) is 4.90 Å². The minimum absolute atomic E-state index is 0.0873. The molecule has 5 nitrogen and oxygen atoms in total. The Morgan fingerprint density at radius 2 is 1.81 bits per heavy atom. The lowest BCUT2D eigenvalue weighted by molar-refractivity contribution is -0.116. The SMILES string of the molecule is CC(c1ccc(F)c(F)c1)N(C)S(=O)(=O)c1ccc2c(c1)CCC(=O)N2. The molecule has 26 heavy (non-hydrogen) atoms. The van der Waals surface area contributed by atoms with Crippen molar-refractivity contribution in [1.82, 2.24) is 4.31 Å². The van der Waals surface area contributed by atoms with Gasteiger partial charge in [-0.05, 0) is 54.8 Å². The highest BCUT2D eigenvalue weighted by atomic mass is 32.2. The average molecular weight is 380 g/mol. The van der Waals surface area contributed by atoms with Gasteiger partial charge in [-0.1, -0.05) is 6.07 Å². The highest BCUT2D eigenvalue weighted by Gasteiger charge is 2.28. The van der Waals surface area contributed by atoms with E-state index in [-0.39, 0.29) is 10.8 Å². The second kappa shape index (κ2) is 6.77. The van der Waals surface area contributed by atoms with Gasteiger partial charge >= 0.3 is 0 Å². The number of benzene rings is 2. The van der Waals surface area contributed by atoms with Crippen LogP contribution in [0, 0.1) is 11.6 Å². The van der Waals surface area contributed by atoms with Gasteiger partial charge in [-0.15, -0.1) is 0 Å². The maximum atomic E-state index is 13.5. The summed E-state index contributed by atoms with van der Waals surface area (Å²) in [7, 11) is -2.46. The van der Waals surface area contributed by atoms with Gasteiger partial charge < -0.3 is 5.32 Å². The lowest BCUT2D eigenvalue weighted by atomic mass is 10.0. The fourth-order valence-corrected chi connectivity index (χ4v) is 4.28. The van der Waals surface area contributed by atoms with E-state index in [0.717, 1.165) is 22.0 Å². The molecule has 1 unspecified atom stereocenters. The van der Waals surface area contributed by atoms with Gasteiger partial charge in [0, 0.05) is 25.2 Å². The molecule has 0 fully saturated rings. The van der Waals surface area contributed by atoms with Crippen molar-refractivity contribution in [3.8, 4) is 0 Å². The Balaban J connectivity index is 1.91. The number of anilines is 1. The molecule has 1 amide bonds. The lowest BCUT2D eigenvalue weighted by Gasteiger charge is -2.26. The first-order valence-electron chi connectivity index (χ1n) is 8.06. The monoisotopic (exact) mass is 380 g/mol. The van der Waals surface area contributed by atoms with Gasteiger partial charge in [0.15, 0.2) is 11.6 Å². The number of aryl methyl sites for hydroxylation is 1. The maximum absolute atomic E-state index is 13.5. The molecule has 1 aliphatic heterocycles. The predicted molar refractivity (Wildman–Crippen MR) is 93.1 cm³/mol. The molecule has 0 saturated heterocycles. The third-order valence-corrected chi connectivity index (χ3v) is 6.54. The van der Waals surface area contributed by atoms with Crippen molar-refractivity contribution in [2.75, 3.05) is 12.4 Å². The van der Waals surface area contributed by atoms with E-state index in [2.05, 4.69) is 5.32 Å². The number of carbonyl (C=O) groups excluding carboxylic acids is 1. The summed E-state index contributed by atoms with van der Waals surface area (Å²) in [5.74, 6) is -2.11. The zero-order valence-electron chi connectivity index (χ0n) is 14.3. The zero-order chi connectivity index (χ0) is 19.1. The Labute approximate surface area is 150 Å². The van der Waals surface area contributed by atoms with Crippen LogP contribution in [0.4, 0.5) is 14.5 Å². The molecule has 1 atom stereocenters. The number of carbonyl (C=O) groups is 1. The lowest BCUT2D eigenvalue weighted by Crippen LogP contribution is -2.30. The minimum atomic E-state index is -3.85. The summed E-state index contributed by atoms with van der Waals surface area (Å²) in [6, 6.07) is 7.17. The number of nitrogens with one attached hydrogen (secondary N) is 1. The van der Waals surface area contributed by atoms with Crippen LogP contribution in [0.1, 0.15) is 30.5 Å². The molecule has 0 saturated carbocycles. The second-order valence-corrected chi connectivity index (χ2v) is 8.24. The quantitative estimate of drug-likeness (QED) is 0.886. The maximum Gasteiger partial charge on any atom is 0.243 e. The normalized spacial score (nSPS) is 15.5. The first kappa shape index (κ1) is 18.5. The standard InChI is InChI=1S/C18H18F2N2O3S/c1-11(12-3-6-15(19)16(20)10-12)22(2)26(24,25)14-5-7-17-13(9-14)4-8-18(23)21-17/h3,5-7,9-11H,4,8H2,1-2H3,(H,21,23). The number of sulfonamides is 1. The van der Waals surface area contributed by atoms with Crippen LogP contribution in [-0.4, -0.2) is 25.7 Å². The van der Waals surface area contributed by atoms with Gasteiger partial charge in [0.1, 0.15) is 0 Å². The van der Waals surface area contributed by atoms with Crippen LogP contribution in [0.15, 0.2) is 41.3 Å². The Bertz CT molecular complexity index is 976. The number of hydrogen-bond donors (Lipinski definition) is 1. The van der Waals surface area contributed by atoms with Crippen LogP contribution in [0.2, 0.25) is 0 Å². The summed E-state index contributed by atoms with van der Waals surface area (Å²) in [5, 5.41) is 2.70. The number of halogens is 2. The molecular formula is C18H18F2N2O3S. The van der Waals surface area contributed by atoms with Gasteiger partial charge in [-0.2, -0.15) is 4.31 Å². The summed E-state index contributed by atoms with van der Waals surface area (Å²) < 4.78 is 53.5. The van der Waals surface area contributed by atoms with E-state index in [1.807, 2.05) is 0 Å². The third-order valence-electron chi connectivity index (χ3n) is 4.62. The Hall–Kier alpha value is -2.32. The number of hydrogen-bond acceptors (Lipinski definition) is 3. The third kappa shape index (κ3) is 3.34. The molecule has 0 spiro atoms. The number of rotatable bonds is 4. The highest BCUT2D eigenvalue weighted by Crippen LogP contribution is 2.30. The minimum Gasteiger partial charge on any atom is -0.326 e. The van der Waals surface area contributed by atoms with Crippen LogP contribution in [0.3, 0.4) is 0 Å². The molecule has 0 aliphatic carbocycles. The molecular weight excluding hydrogens is 362 g/mol. The first-order chi connectivity index (χ1) is 12.2. The Morgan fingerprint density at radius 3 is 2.50 bits per heavy atom. The molecule has 1 aliphatic rings. The van der Waals surface area contributed by atoms with E-state index in [9.17, 15) is 22.0 Å². The fourth-order valence-electron chi connectivity index (χ4n) is 2.88. The zero-order valence-corrected chi connectivity index (χ0v) is 15.1. The smallest absolute Gasteiger partial charge is 0.243 e. The highest BCUT2D eigenvalue weighted by molar-refractivity contribution is 7.89. The van der Waals surface area contributed by atoms with E-state index in [4.69, 9.17) is 0 Å². The van der Waals surface area contributed by atoms with Crippen molar-refractivity contribution in [3.05, 3.63) is 59.2 Å². The van der Waals surface area contributed by atoms with Crippen molar-refractivity contribution in [3.63, 3.8) is 0 Å². The molecule has 0 aromatic heterocycles. The fraction of sp³-hybridized carbons (Fsp3) is 0.278. The predicted octanol–water partition coefficient (Wildman–Crippen LogP) is 3.23. The molecule has 0 bridgehead atoms. The molecule has 2 aromatic rings. The van der Waals surface area contributed by atoms with Crippen LogP contribution < -0.4 is 5.32 Å². The van der Waals surface area contributed by atoms with Gasteiger partial charge in [0.25, 0.3) is 0 Å². The second-order valence-electron chi connectivity index (χ2n) is 6.24. The summed E-state index contributed by atoms with van der Waals surface area (Å²) in [5.41, 5.74) is 1.70. The largest absolute Gasteiger partial charge is 0.326 e. The van der Waals surface area contributed by atoms with E-state index < -0.39 is 27.7 Å². The van der Waals surface area contributed by atoms with Gasteiger partial charge in [-0.3, -0.25) is 4.79 Å². The molecule has 1 N–H and O–H groups in total. The van der Waals surface area contributed by atoms with Crippen molar-refractivity contribution in [2.24, 2.45) is 0 Å². The summed E-state index contributed by atoms with van der Waals surface area (Å²) in [6.07, 6.45) is 0.768. The van der Waals surface area contributed by atoms with Crippen molar-refractivity contribution in [1.29, 1.82) is 0 Å². The van der Waals surface area contributed by atoms with Crippen LogP contribution in [0.5, 0.6) is 0 Å². The average Bonchev–Trinajstić information content (AvgIpc) is 2.62. The summed E-state index contributed by atoms with van der Waals surface area (Å²) in [6.45, 7) is 1.60. The van der Waals surface area contributed by atoms with Crippen LogP contribution in [0.25, 0.3) is 0 Å². The molecule has 0 radical (unpaired) electrons. The molecule has 138 valence electrons. The number of amides is 1. The van der Waals surface area contributed by atoms with E-state index in [1.54, 1.807) is 19.1 Å². The van der Waals surface area contributed by atoms with Crippen molar-refractivity contribution >= 4 is 21.6 Å². The van der Waals surface area contributed by atoms with Crippen LogP contribution >= 0.6 is 0 Å². The summed E-state index contributed by atoms with van der Waals surface area (Å²) in [4.78, 5) is 11.5. The topological polar surface area (TPSA) is 66.5 Å². The van der Waals surface area contributed by atoms with Crippen molar-refractivity contribution < 1.29 is 22.0 Å². The Kier molecular flexibility index (Phi) is 4.81.